The van der Waals surface area contributed by atoms with Gasteiger partial charge in [-0.15, -0.1) is 11.6 Å². The van der Waals surface area contributed by atoms with Gasteiger partial charge in [0.1, 0.15) is 0 Å². The quantitative estimate of drug-likeness (QED) is 0.448. The molecule has 0 aliphatic carbocycles. The normalized spacial score (nSPS) is 13.6. The first kappa shape index (κ1) is 13.2. The zero-order valence-corrected chi connectivity index (χ0v) is 9.81. The predicted molar refractivity (Wildman–Crippen MR) is 58.5 cm³/mol. The summed E-state index contributed by atoms with van der Waals surface area (Å²) in [6, 6.07) is 0. The number of methoxy groups -OCH3 is 1. The Kier molecular flexibility index (Phi) is 8.93. The lowest BCUT2D eigenvalue weighted by molar-refractivity contribution is 0.182. The molecule has 0 aromatic rings. The molecule has 0 aromatic carbocycles. The van der Waals surface area contributed by atoms with E-state index in [2.05, 4.69) is 18.9 Å². The summed E-state index contributed by atoms with van der Waals surface area (Å²) in [7, 11) is 3.80. The molecule has 1 atom stereocenters. The molecule has 0 saturated heterocycles. The van der Waals surface area contributed by atoms with Crippen molar-refractivity contribution in [3.05, 3.63) is 0 Å². The van der Waals surface area contributed by atoms with Crippen molar-refractivity contribution in [1.82, 2.24) is 4.90 Å². The fraction of sp³-hybridized carbons (Fsp3) is 1.00. The average molecular weight is 208 g/mol. The van der Waals surface area contributed by atoms with Crippen LogP contribution in [0, 0.1) is 0 Å². The summed E-state index contributed by atoms with van der Waals surface area (Å²) in [5, 5.41) is 0.122. The average Bonchev–Trinajstić information content (AvgIpc) is 2.05. The number of alkyl halides is 1. The Bertz CT molecular complexity index is 111. The van der Waals surface area contributed by atoms with Gasteiger partial charge in [-0.25, -0.2) is 0 Å². The summed E-state index contributed by atoms with van der Waals surface area (Å²) < 4.78 is 4.97. The van der Waals surface area contributed by atoms with E-state index in [0.29, 0.717) is 6.61 Å². The summed E-state index contributed by atoms with van der Waals surface area (Å²) >= 11 is 6.02. The second-order valence-corrected chi connectivity index (χ2v) is 4.14. The van der Waals surface area contributed by atoms with Crippen LogP contribution in [0.3, 0.4) is 0 Å². The lowest BCUT2D eigenvalue weighted by Crippen LogP contribution is -2.29. The molecule has 0 saturated carbocycles. The van der Waals surface area contributed by atoms with Gasteiger partial charge in [0.05, 0.1) is 12.0 Å². The van der Waals surface area contributed by atoms with Crippen molar-refractivity contribution in [2.75, 3.05) is 33.9 Å². The van der Waals surface area contributed by atoms with Crippen LogP contribution >= 0.6 is 11.6 Å². The Balaban J connectivity index is 3.32. The van der Waals surface area contributed by atoms with Gasteiger partial charge in [0, 0.05) is 13.7 Å². The molecule has 0 aliphatic rings. The SMILES string of the molecule is CCCCCN(C)CC(Cl)COC. The Morgan fingerprint density at radius 1 is 1.38 bits per heavy atom. The molecule has 80 valence electrons. The molecule has 0 radical (unpaired) electrons. The van der Waals surface area contributed by atoms with Gasteiger partial charge in [-0.3, -0.25) is 0 Å². The van der Waals surface area contributed by atoms with Crippen molar-refractivity contribution in [2.24, 2.45) is 0 Å². The van der Waals surface area contributed by atoms with E-state index in [-0.39, 0.29) is 5.38 Å². The monoisotopic (exact) mass is 207 g/mol. The summed E-state index contributed by atoms with van der Waals surface area (Å²) in [5.41, 5.74) is 0. The molecule has 0 amide bonds. The number of rotatable bonds is 8. The molecule has 0 N–H and O–H groups in total. The minimum atomic E-state index is 0.122. The van der Waals surface area contributed by atoms with Crippen molar-refractivity contribution in [3.63, 3.8) is 0 Å². The Morgan fingerprint density at radius 3 is 2.62 bits per heavy atom. The number of hydrogen-bond acceptors (Lipinski definition) is 2. The maximum Gasteiger partial charge on any atom is 0.0696 e. The van der Waals surface area contributed by atoms with Gasteiger partial charge in [0.25, 0.3) is 0 Å². The van der Waals surface area contributed by atoms with Gasteiger partial charge in [-0.1, -0.05) is 19.8 Å². The lowest BCUT2D eigenvalue weighted by atomic mass is 10.2. The minimum absolute atomic E-state index is 0.122. The van der Waals surface area contributed by atoms with Crippen LogP contribution in [0.1, 0.15) is 26.2 Å². The molecule has 0 bridgehead atoms. The second kappa shape index (κ2) is 8.79. The number of ether oxygens (including phenoxy) is 1. The Hall–Kier alpha value is 0.210. The highest BCUT2D eigenvalue weighted by Crippen LogP contribution is 2.01. The van der Waals surface area contributed by atoms with Crippen molar-refractivity contribution in [1.29, 1.82) is 0 Å². The molecular weight excluding hydrogens is 186 g/mol. The van der Waals surface area contributed by atoms with Crippen LogP contribution in [0.2, 0.25) is 0 Å². The molecule has 0 aromatic heterocycles. The number of hydrogen-bond donors (Lipinski definition) is 0. The Morgan fingerprint density at radius 2 is 2.08 bits per heavy atom. The largest absolute Gasteiger partial charge is 0.383 e. The van der Waals surface area contributed by atoms with Gasteiger partial charge in [-0.2, -0.15) is 0 Å². The van der Waals surface area contributed by atoms with Crippen LogP contribution in [0.5, 0.6) is 0 Å². The fourth-order valence-corrected chi connectivity index (χ4v) is 1.66. The molecule has 0 aliphatic heterocycles. The topological polar surface area (TPSA) is 12.5 Å². The summed E-state index contributed by atoms with van der Waals surface area (Å²) in [4.78, 5) is 2.27. The molecule has 2 nitrogen and oxygen atoms in total. The van der Waals surface area contributed by atoms with Crippen molar-refractivity contribution in [3.8, 4) is 0 Å². The second-order valence-electron chi connectivity index (χ2n) is 3.52. The van der Waals surface area contributed by atoms with E-state index in [1.807, 2.05) is 0 Å². The molecule has 0 heterocycles. The van der Waals surface area contributed by atoms with E-state index in [0.717, 1.165) is 13.1 Å². The first-order valence-electron chi connectivity index (χ1n) is 5.02. The fourth-order valence-electron chi connectivity index (χ4n) is 1.29. The summed E-state index contributed by atoms with van der Waals surface area (Å²) in [5.74, 6) is 0. The molecule has 1 unspecified atom stereocenters. The minimum Gasteiger partial charge on any atom is -0.383 e. The van der Waals surface area contributed by atoms with Crippen LogP contribution in [0.4, 0.5) is 0 Å². The van der Waals surface area contributed by atoms with E-state index < -0.39 is 0 Å². The van der Waals surface area contributed by atoms with E-state index in [9.17, 15) is 0 Å². The van der Waals surface area contributed by atoms with Gasteiger partial charge in [0.15, 0.2) is 0 Å². The number of nitrogens with zero attached hydrogens (tertiary/aromatic N) is 1. The molecule has 0 fully saturated rings. The van der Waals surface area contributed by atoms with Crippen LogP contribution < -0.4 is 0 Å². The van der Waals surface area contributed by atoms with Crippen LogP contribution in [0.25, 0.3) is 0 Å². The van der Waals surface area contributed by atoms with Gasteiger partial charge in [0.2, 0.25) is 0 Å². The molecule has 13 heavy (non-hydrogen) atoms. The summed E-state index contributed by atoms with van der Waals surface area (Å²) in [6.45, 7) is 4.91. The Labute approximate surface area is 87.2 Å². The third-order valence-corrected chi connectivity index (χ3v) is 2.26. The number of unbranched alkanes of at least 4 members (excludes halogenated alkanes) is 2. The molecule has 0 spiro atoms. The standard InChI is InChI=1S/C10H22ClNO/c1-4-5-6-7-12(2)8-10(11)9-13-3/h10H,4-9H2,1-3H3. The van der Waals surface area contributed by atoms with E-state index in [1.165, 1.54) is 19.3 Å². The first-order chi connectivity index (χ1) is 6.20. The van der Waals surface area contributed by atoms with Crippen molar-refractivity contribution >= 4 is 11.6 Å². The van der Waals surface area contributed by atoms with E-state index in [4.69, 9.17) is 16.3 Å². The predicted octanol–water partition coefficient (Wildman–Crippen LogP) is 2.36. The van der Waals surface area contributed by atoms with E-state index >= 15 is 0 Å². The first-order valence-corrected chi connectivity index (χ1v) is 5.45. The third kappa shape index (κ3) is 8.54. The highest BCUT2D eigenvalue weighted by molar-refractivity contribution is 6.20. The summed E-state index contributed by atoms with van der Waals surface area (Å²) in [6.07, 6.45) is 3.85. The highest BCUT2D eigenvalue weighted by atomic mass is 35.5. The zero-order chi connectivity index (χ0) is 10.1. The zero-order valence-electron chi connectivity index (χ0n) is 9.05. The van der Waals surface area contributed by atoms with Gasteiger partial charge in [-0.05, 0) is 20.0 Å². The molecular formula is C10H22ClNO. The van der Waals surface area contributed by atoms with Crippen LogP contribution in [-0.2, 0) is 4.74 Å². The maximum atomic E-state index is 6.02. The van der Waals surface area contributed by atoms with Crippen molar-refractivity contribution < 1.29 is 4.74 Å². The van der Waals surface area contributed by atoms with E-state index in [1.54, 1.807) is 7.11 Å². The van der Waals surface area contributed by atoms with Crippen molar-refractivity contribution in [2.45, 2.75) is 31.6 Å². The number of halogens is 1. The molecule has 0 rings (SSSR count). The molecule has 3 heteroatoms. The lowest BCUT2D eigenvalue weighted by Gasteiger charge is -2.19. The third-order valence-electron chi connectivity index (χ3n) is 2.00. The van der Waals surface area contributed by atoms with Crippen LogP contribution in [0.15, 0.2) is 0 Å². The smallest absolute Gasteiger partial charge is 0.0696 e. The van der Waals surface area contributed by atoms with Gasteiger partial charge >= 0.3 is 0 Å². The van der Waals surface area contributed by atoms with Gasteiger partial charge < -0.3 is 9.64 Å². The maximum absolute atomic E-state index is 6.02. The highest BCUT2D eigenvalue weighted by Gasteiger charge is 2.07. The van der Waals surface area contributed by atoms with Crippen LogP contribution in [-0.4, -0.2) is 44.1 Å².